The summed E-state index contributed by atoms with van der Waals surface area (Å²) in [6.45, 7) is 2.11. The van der Waals surface area contributed by atoms with E-state index in [0.29, 0.717) is 6.61 Å². The maximum absolute atomic E-state index is 11.1. The molecule has 1 aliphatic rings. The van der Waals surface area contributed by atoms with E-state index in [2.05, 4.69) is 4.89 Å². The zero-order valence-corrected chi connectivity index (χ0v) is 9.07. The SMILES string of the molecule is CCOC(=O)/C=C/C1(OO)CCCCC1. The summed E-state index contributed by atoms with van der Waals surface area (Å²) in [4.78, 5) is 15.6. The Morgan fingerprint density at radius 3 is 2.60 bits per heavy atom. The van der Waals surface area contributed by atoms with E-state index >= 15 is 0 Å². The lowest BCUT2D eigenvalue weighted by Gasteiger charge is -2.30. The molecule has 0 radical (unpaired) electrons. The molecule has 1 fully saturated rings. The maximum Gasteiger partial charge on any atom is 0.330 e. The summed E-state index contributed by atoms with van der Waals surface area (Å²) < 4.78 is 4.76. The highest BCUT2D eigenvalue weighted by Crippen LogP contribution is 2.32. The van der Waals surface area contributed by atoms with Gasteiger partial charge >= 0.3 is 5.97 Å². The van der Waals surface area contributed by atoms with Crippen LogP contribution in [0, 0.1) is 0 Å². The van der Waals surface area contributed by atoms with Crippen molar-refractivity contribution in [2.45, 2.75) is 44.6 Å². The first kappa shape index (κ1) is 12.2. The van der Waals surface area contributed by atoms with Crippen LogP contribution < -0.4 is 0 Å². The first-order chi connectivity index (χ1) is 7.22. The van der Waals surface area contributed by atoms with Crippen LogP contribution in [0.2, 0.25) is 0 Å². The molecule has 0 spiro atoms. The molecule has 1 aliphatic carbocycles. The summed E-state index contributed by atoms with van der Waals surface area (Å²) in [7, 11) is 0. The smallest absolute Gasteiger partial charge is 0.330 e. The van der Waals surface area contributed by atoms with E-state index < -0.39 is 5.60 Å². The van der Waals surface area contributed by atoms with Gasteiger partial charge in [0.05, 0.1) is 6.61 Å². The summed E-state index contributed by atoms with van der Waals surface area (Å²) in [6, 6.07) is 0. The minimum absolute atomic E-state index is 0.357. The largest absolute Gasteiger partial charge is 0.463 e. The first-order valence-corrected chi connectivity index (χ1v) is 5.41. The Balaban J connectivity index is 2.54. The van der Waals surface area contributed by atoms with Gasteiger partial charge in [-0.3, -0.25) is 5.26 Å². The number of hydrogen-bond acceptors (Lipinski definition) is 4. The van der Waals surface area contributed by atoms with E-state index in [4.69, 9.17) is 9.99 Å². The van der Waals surface area contributed by atoms with E-state index in [1.807, 2.05) is 0 Å². The van der Waals surface area contributed by atoms with Crippen LogP contribution in [0.5, 0.6) is 0 Å². The van der Waals surface area contributed by atoms with E-state index in [0.717, 1.165) is 32.1 Å². The van der Waals surface area contributed by atoms with Crippen LogP contribution in [0.3, 0.4) is 0 Å². The molecule has 1 N–H and O–H groups in total. The summed E-state index contributed by atoms with van der Waals surface area (Å²) >= 11 is 0. The van der Waals surface area contributed by atoms with Gasteiger partial charge in [0, 0.05) is 6.08 Å². The minimum atomic E-state index is -0.676. The van der Waals surface area contributed by atoms with Gasteiger partial charge in [-0.1, -0.05) is 19.3 Å². The Hall–Kier alpha value is -0.870. The third-order valence-electron chi connectivity index (χ3n) is 2.69. The lowest BCUT2D eigenvalue weighted by Crippen LogP contribution is -2.31. The molecule has 15 heavy (non-hydrogen) atoms. The lowest BCUT2D eigenvalue weighted by atomic mass is 9.84. The van der Waals surface area contributed by atoms with Gasteiger partial charge < -0.3 is 4.74 Å². The summed E-state index contributed by atoms with van der Waals surface area (Å²) in [6.07, 6.45) is 7.62. The highest BCUT2D eigenvalue weighted by molar-refractivity contribution is 5.82. The molecule has 1 saturated carbocycles. The van der Waals surface area contributed by atoms with Crippen LogP contribution in [-0.4, -0.2) is 23.4 Å². The van der Waals surface area contributed by atoms with Gasteiger partial charge in [-0.25, -0.2) is 9.68 Å². The Morgan fingerprint density at radius 2 is 2.07 bits per heavy atom. The monoisotopic (exact) mass is 214 g/mol. The van der Waals surface area contributed by atoms with Crippen molar-refractivity contribution in [3.8, 4) is 0 Å². The Labute approximate surface area is 89.8 Å². The predicted octanol–water partition coefficient (Wildman–Crippen LogP) is 2.30. The highest BCUT2D eigenvalue weighted by Gasteiger charge is 2.31. The summed E-state index contributed by atoms with van der Waals surface area (Å²) in [5.41, 5.74) is -0.676. The van der Waals surface area contributed by atoms with Crippen LogP contribution in [0.15, 0.2) is 12.2 Å². The quantitative estimate of drug-likeness (QED) is 0.337. The van der Waals surface area contributed by atoms with E-state index in [9.17, 15) is 4.79 Å². The van der Waals surface area contributed by atoms with Crippen LogP contribution in [0.1, 0.15) is 39.0 Å². The standard InChI is InChI=1S/C11H18O4/c1-2-14-10(12)6-9-11(15-13)7-4-3-5-8-11/h6,9,13H,2-5,7-8H2,1H3/b9-6+. The van der Waals surface area contributed by atoms with Gasteiger partial charge in [0.25, 0.3) is 0 Å². The van der Waals surface area contributed by atoms with Crippen molar-refractivity contribution < 1.29 is 19.7 Å². The minimum Gasteiger partial charge on any atom is -0.463 e. The number of hydrogen-bond donors (Lipinski definition) is 1. The molecule has 0 aromatic carbocycles. The van der Waals surface area contributed by atoms with Crippen molar-refractivity contribution in [3.05, 3.63) is 12.2 Å². The van der Waals surface area contributed by atoms with Crippen molar-refractivity contribution in [3.63, 3.8) is 0 Å². The van der Waals surface area contributed by atoms with Crippen LogP contribution in [0.25, 0.3) is 0 Å². The third kappa shape index (κ3) is 3.64. The zero-order valence-electron chi connectivity index (χ0n) is 9.07. The topological polar surface area (TPSA) is 55.8 Å². The molecule has 0 bridgehead atoms. The molecule has 0 aromatic heterocycles. The van der Waals surface area contributed by atoms with Crippen LogP contribution in [0.4, 0.5) is 0 Å². The van der Waals surface area contributed by atoms with Crippen LogP contribution >= 0.6 is 0 Å². The molecule has 0 aromatic rings. The molecular formula is C11H18O4. The number of carbonyl (C=O) groups excluding carboxylic acids is 1. The molecule has 0 atom stereocenters. The molecule has 0 saturated heterocycles. The van der Waals surface area contributed by atoms with Gasteiger partial charge in [0.2, 0.25) is 0 Å². The Bertz CT molecular complexity index is 229. The van der Waals surface area contributed by atoms with Gasteiger partial charge in [0.15, 0.2) is 0 Å². The average Bonchev–Trinajstić information content (AvgIpc) is 2.28. The van der Waals surface area contributed by atoms with Gasteiger partial charge in [0.1, 0.15) is 5.60 Å². The molecule has 86 valence electrons. The summed E-state index contributed by atoms with van der Waals surface area (Å²) in [5, 5.41) is 8.88. The maximum atomic E-state index is 11.1. The van der Waals surface area contributed by atoms with Gasteiger partial charge in [-0.2, -0.15) is 0 Å². The molecule has 1 rings (SSSR count). The fourth-order valence-corrected chi connectivity index (χ4v) is 1.85. The van der Waals surface area contributed by atoms with Gasteiger partial charge in [-0.15, -0.1) is 0 Å². The molecule has 0 unspecified atom stereocenters. The van der Waals surface area contributed by atoms with Crippen molar-refractivity contribution in [2.75, 3.05) is 6.61 Å². The Morgan fingerprint density at radius 1 is 1.40 bits per heavy atom. The second-order valence-corrected chi connectivity index (χ2v) is 3.80. The molecule has 4 heteroatoms. The third-order valence-corrected chi connectivity index (χ3v) is 2.69. The molecule has 0 aliphatic heterocycles. The number of esters is 1. The number of rotatable bonds is 4. The predicted molar refractivity (Wildman–Crippen MR) is 55.3 cm³/mol. The van der Waals surface area contributed by atoms with Crippen molar-refractivity contribution in [1.29, 1.82) is 0 Å². The zero-order chi connectivity index (χ0) is 11.1. The fraction of sp³-hybridized carbons (Fsp3) is 0.727. The average molecular weight is 214 g/mol. The van der Waals surface area contributed by atoms with Crippen molar-refractivity contribution >= 4 is 5.97 Å². The number of carbonyl (C=O) groups is 1. The van der Waals surface area contributed by atoms with E-state index in [1.54, 1.807) is 13.0 Å². The van der Waals surface area contributed by atoms with Crippen molar-refractivity contribution in [2.24, 2.45) is 0 Å². The highest BCUT2D eigenvalue weighted by atomic mass is 17.1. The molecule has 4 nitrogen and oxygen atoms in total. The van der Waals surface area contributed by atoms with Crippen molar-refractivity contribution in [1.82, 2.24) is 0 Å². The van der Waals surface area contributed by atoms with E-state index in [1.165, 1.54) is 6.08 Å². The lowest BCUT2D eigenvalue weighted by molar-refractivity contribution is -0.314. The van der Waals surface area contributed by atoms with Crippen LogP contribution in [-0.2, 0) is 14.4 Å². The summed E-state index contributed by atoms with van der Waals surface area (Å²) in [5.74, 6) is -0.389. The first-order valence-electron chi connectivity index (χ1n) is 5.41. The fourth-order valence-electron chi connectivity index (χ4n) is 1.85. The van der Waals surface area contributed by atoms with E-state index in [-0.39, 0.29) is 5.97 Å². The molecule has 0 heterocycles. The number of ether oxygens (including phenoxy) is 1. The second-order valence-electron chi connectivity index (χ2n) is 3.80. The Kier molecular flexibility index (Phi) is 4.78. The second kappa shape index (κ2) is 5.88. The molecule has 0 amide bonds. The van der Waals surface area contributed by atoms with Gasteiger partial charge in [-0.05, 0) is 25.8 Å². The molecular weight excluding hydrogens is 196 g/mol. The normalized spacial score (nSPS) is 20.4.